The molecule has 0 radical (unpaired) electrons. The number of carbonyl (C=O) groups excluding carboxylic acids is 2. The van der Waals surface area contributed by atoms with Crippen LogP contribution in [0.2, 0.25) is 0 Å². The predicted octanol–water partition coefficient (Wildman–Crippen LogP) is 6.06. The Bertz CT molecular complexity index is 1230. The molecule has 35 heavy (non-hydrogen) atoms. The first-order valence-electron chi connectivity index (χ1n) is 11.4. The fourth-order valence-corrected chi connectivity index (χ4v) is 3.96. The van der Waals surface area contributed by atoms with Crippen LogP contribution in [0.3, 0.4) is 0 Å². The van der Waals surface area contributed by atoms with Crippen LogP contribution >= 0.6 is 0 Å². The van der Waals surface area contributed by atoms with E-state index in [2.05, 4.69) is 5.32 Å². The van der Waals surface area contributed by atoms with Crippen molar-refractivity contribution in [2.24, 2.45) is 0 Å². The Morgan fingerprint density at radius 2 is 1.23 bits per heavy atom. The Morgan fingerprint density at radius 1 is 0.714 bits per heavy atom. The maximum Gasteiger partial charge on any atom is 0.319 e. The van der Waals surface area contributed by atoms with Gasteiger partial charge in [0.2, 0.25) is 6.10 Å². The lowest BCUT2D eigenvalue weighted by Crippen LogP contribution is -2.28. The number of methoxy groups -OCH3 is 1. The van der Waals surface area contributed by atoms with Gasteiger partial charge in [-0.3, -0.25) is 9.59 Å². The van der Waals surface area contributed by atoms with Gasteiger partial charge in [-0.2, -0.15) is 0 Å². The molecule has 4 rings (SSSR count). The van der Waals surface area contributed by atoms with Gasteiger partial charge in [-0.15, -0.1) is 0 Å². The van der Waals surface area contributed by atoms with Crippen LogP contribution in [0.15, 0.2) is 109 Å². The highest BCUT2D eigenvalue weighted by Crippen LogP contribution is 2.31. The largest absolute Gasteiger partial charge is 0.495 e. The van der Waals surface area contributed by atoms with E-state index in [9.17, 15) is 9.59 Å². The fraction of sp³-hybridized carbons (Fsp3) is 0.133. The molecule has 0 aromatic heterocycles. The number of ether oxygens (including phenoxy) is 2. The first-order valence-corrected chi connectivity index (χ1v) is 11.4. The van der Waals surface area contributed by atoms with Crippen molar-refractivity contribution in [2.75, 3.05) is 12.4 Å². The van der Waals surface area contributed by atoms with Crippen LogP contribution in [-0.2, 0) is 14.3 Å². The molecule has 0 aliphatic carbocycles. The molecule has 176 valence electrons. The summed E-state index contributed by atoms with van der Waals surface area (Å²) in [5, 5.41) is 2.88. The third-order valence-corrected chi connectivity index (χ3v) is 5.69. The molecule has 0 fully saturated rings. The Morgan fingerprint density at radius 3 is 1.74 bits per heavy atom. The molecule has 1 amide bonds. The van der Waals surface area contributed by atoms with Crippen LogP contribution < -0.4 is 10.1 Å². The predicted molar refractivity (Wildman–Crippen MR) is 136 cm³/mol. The lowest BCUT2D eigenvalue weighted by Gasteiger charge is -2.23. The zero-order valence-corrected chi connectivity index (χ0v) is 19.7. The standard InChI is InChI=1S/C30H27NO4/c1-21-18-19-26(34-2)25(20-21)31-29(32)28(24-16-10-5-11-17-24)35-30(33)27(22-12-6-3-7-13-22)23-14-8-4-9-15-23/h3-20,27-28H,1-2H3,(H,31,32)/t28-/m0/s1. The van der Waals surface area contributed by atoms with Crippen molar-refractivity contribution in [1.82, 2.24) is 0 Å². The molecule has 1 atom stereocenters. The van der Waals surface area contributed by atoms with Crippen molar-refractivity contribution >= 4 is 17.6 Å². The number of hydrogen-bond acceptors (Lipinski definition) is 4. The van der Waals surface area contributed by atoms with E-state index in [1.807, 2.05) is 97.9 Å². The number of rotatable bonds is 8. The summed E-state index contributed by atoms with van der Waals surface area (Å²) in [5.41, 5.74) is 3.62. The van der Waals surface area contributed by atoms with E-state index in [4.69, 9.17) is 9.47 Å². The van der Waals surface area contributed by atoms with Gasteiger partial charge in [0.25, 0.3) is 5.91 Å². The topological polar surface area (TPSA) is 64.6 Å². The molecular weight excluding hydrogens is 438 g/mol. The molecule has 0 aliphatic rings. The zero-order chi connectivity index (χ0) is 24.6. The van der Waals surface area contributed by atoms with Crippen LogP contribution in [0.25, 0.3) is 0 Å². The van der Waals surface area contributed by atoms with E-state index in [1.54, 1.807) is 25.3 Å². The summed E-state index contributed by atoms with van der Waals surface area (Å²) in [5.74, 6) is -1.13. The second-order valence-electron chi connectivity index (χ2n) is 8.17. The zero-order valence-electron chi connectivity index (χ0n) is 19.7. The molecule has 4 aromatic carbocycles. The van der Waals surface area contributed by atoms with Crippen LogP contribution in [0.1, 0.15) is 34.3 Å². The Balaban J connectivity index is 1.67. The van der Waals surface area contributed by atoms with Gasteiger partial charge in [0.15, 0.2) is 0 Å². The van der Waals surface area contributed by atoms with Gasteiger partial charge in [-0.05, 0) is 35.7 Å². The molecule has 4 aromatic rings. The highest BCUT2D eigenvalue weighted by atomic mass is 16.5. The number of amides is 1. The summed E-state index contributed by atoms with van der Waals surface area (Å²) >= 11 is 0. The Hall–Kier alpha value is -4.38. The second-order valence-corrected chi connectivity index (χ2v) is 8.17. The van der Waals surface area contributed by atoms with Crippen LogP contribution in [0.5, 0.6) is 5.75 Å². The number of hydrogen-bond donors (Lipinski definition) is 1. The minimum atomic E-state index is -1.15. The monoisotopic (exact) mass is 465 g/mol. The summed E-state index contributed by atoms with van der Waals surface area (Å²) in [6.07, 6.45) is -1.15. The molecule has 0 saturated carbocycles. The van der Waals surface area contributed by atoms with E-state index in [0.717, 1.165) is 16.7 Å². The fourth-order valence-electron chi connectivity index (χ4n) is 3.96. The molecule has 1 N–H and O–H groups in total. The summed E-state index contributed by atoms with van der Waals surface area (Å²) in [6.45, 7) is 1.92. The lowest BCUT2D eigenvalue weighted by molar-refractivity contribution is -0.155. The molecule has 0 aliphatic heterocycles. The van der Waals surface area contributed by atoms with Crippen molar-refractivity contribution in [3.8, 4) is 5.75 Å². The van der Waals surface area contributed by atoms with Crippen LogP contribution in [-0.4, -0.2) is 19.0 Å². The van der Waals surface area contributed by atoms with Crippen LogP contribution in [0.4, 0.5) is 5.69 Å². The molecule has 0 spiro atoms. The van der Waals surface area contributed by atoms with E-state index < -0.39 is 23.9 Å². The van der Waals surface area contributed by atoms with Gasteiger partial charge in [0.05, 0.1) is 12.8 Å². The van der Waals surface area contributed by atoms with E-state index in [0.29, 0.717) is 17.0 Å². The SMILES string of the molecule is COc1ccc(C)cc1NC(=O)[C@@H](OC(=O)C(c1ccccc1)c1ccccc1)c1ccccc1. The van der Waals surface area contributed by atoms with Gasteiger partial charge >= 0.3 is 5.97 Å². The Kier molecular flexibility index (Phi) is 7.58. The highest BCUT2D eigenvalue weighted by Gasteiger charge is 2.31. The summed E-state index contributed by atoms with van der Waals surface area (Å²) in [7, 11) is 1.54. The van der Waals surface area contributed by atoms with Crippen molar-refractivity contribution in [1.29, 1.82) is 0 Å². The molecule has 0 unspecified atom stereocenters. The normalized spacial score (nSPS) is 11.5. The number of benzene rings is 4. The van der Waals surface area contributed by atoms with Crippen molar-refractivity contribution in [2.45, 2.75) is 18.9 Å². The average Bonchev–Trinajstić information content (AvgIpc) is 2.89. The molecule has 5 nitrogen and oxygen atoms in total. The maximum absolute atomic E-state index is 13.6. The molecule has 0 saturated heterocycles. The molecular formula is C30H27NO4. The van der Waals surface area contributed by atoms with Crippen molar-refractivity contribution < 1.29 is 19.1 Å². The van der Waals surface area contributed by atoms with E-state index in [1.165, 1.54) is 0 Å². The summed E-state index contributed by atoms with van der Waals surface area (Å²) in [6, 6.07) is 33.3. The second kappa shape index (κ2) is 11.2. The van der Waals surface area contributed by atoms with Crippen LogP contribution in [0, 0.1) is 6.92 Å². The lowest BCUT2D eigenvalue weighted by atomic mass is 9.91. The number of carbonyl (C=O) groups is 2. The highest BCUT2D eigenvalue weighted by molar-refractivity contribution is 5.98. The first kappa shape index (κ1) is 23.8. The third-order valence-electron chi connectivity index (χ3n) is 5.69. The Labute approximate surface area is 205 Å². The number of nitrogens with one attached hydrogen (secondary N) is 1. The van der Waals surface area contributed by atoms with Gasteiger partial charge in [-0.25, -0.2) is 0 Å². The molecule has 0 bridgehead atoms. The summed E-state index contributed by atoms with van der Waals surface area (Å²) in [4.78, 5) is 27.1. The van der Waals surface area contributed by atoms with E-state index in [-0.39, 0.29) is 0 Å². The van der Waals surface area contributed by atoms with Gasteiger partial charge < -0.3 is 14.8 Å². The average molecular weight is 466 g/mol. The smallest absolute Gasteiger partial charge is 0.319 e. The summed E-state index contributed by atoms with van der Waals surface area (Å²) < 4.78 is 11.4. The van der Waals surface area contributed by atoms with Gasteiger partial charge in [0.1, 0.15) is 11.7 Å². The number of anilines is 1. The number of aryl methyl sites for hydroxylation is 1. The molecule has 5 heteroatoms. The quantitative estimate of drug-likeness (QED) is 0.321. The van der Waals surface area contributed by atoms with Crippen molar-refractivity contribution in [3.63, 3.8) is 0 Å². The minimum Gasteiger partial charge on any atom is -0.495 e. The third kappa shape index (κ3) is 5.76. The first-order chi connectivity index (χ1) is 17.1. The number of esters is 1. The molecule has 0 heterocycles. The minimum absolute atomic E-state index is 0.465. The van der Waals surface area contributed by atoms with Gasteiger partial charge in [0, 0.05) is 5.56 Å². The van der Waals surface area contributed by atoms with E-state index >= 15 is 0 Å². The van der Waals surface area contributed by atoms with Crippen molar-refractivity contribution in [3.05, 3.63) is 131 Å². The van der Waals surface area contributed by atoms with Gasteiger partial charge in [-0.1, -0.05) is 97.1 Å². The maximum atomic E-state index is 13.6.